The van der Waals surface area contributed by atoms with Crippen molar-refractivity contribution < 1.29 is 4.79 Å². The molecule has 0 saturated heterocycles. The lowest BCUT2D eigenvalue weighted by molar-refractivity contribution is 0.112. The molecule has 2 rings (SSSR count). The van der Waals surface area contributed by atoms with Crippen LogP contribution in [0.4, 0.5) is 0 Å². The van der Waals surface area contributed by atoms with Gasteiger partial charge in [0, 0.05) is 30.5 Å². The van der Waals surface area contributed by atoms with E-state index in [0.29, 0.717) is 17.3 Å². The Kier molecular flexibility index (Phi) is 3.60. The topological polar surface area (TPSA) is 52.7 Å². The van der Waals surface area contributed by atoms with E-state index in [2.05, 4.69) is 24.0 Å². The minimum absolute atomic E-state index is 0.290. The van der Waals surface area contributed by atoms with Crippen molar-refractivity contribution in [2.24, 2.45) is 0 Å². The molecular formula is C13H18N4O. The average molecular weight is 246 g/mol. The molecule has 0 saturated carbocycles. The summed E-state index contributed by atoms with van der Waals surface area (Å²) in [7, 11) is 0. The van der Waals surface area contributed by atoms with E-state index < -0.39 is 0 Å². The Morgan fingerprint density at radius 3 is 2.72 bits per heavy atom. The standard InChI is InChI=1S/C13H18N4O/c1-4-10(3)17-8-12(9-18)13(15-17)11-6-14-16(5-2)7-11/h6-10H,4-5H2,1-3H3. The van der Waals surface area contributed by atoms with Crippen molar-refractivity contribution in [2.75, 3.05) is 0 Å². The van der Waals surface area contributed by atoms with Gasteiger partial charge in [-0.1, -0.05) is 6.92 Å². The van der Waals surface area contributed by atoms with Crippen molar-refractivity contribution >= 4 is 6.29 Å². The highest BCUT2D eigenvalue weighted by atomic mass is 16.1. The summed E-state index contributed by atoms with van der Waals surface area (Å²) in [6, 6.07) is 0.290. The minimum atomic E-state index is 0.290. The summed E-state index contributed by atoms with van der Waals surface area (Å²) in [6.07, 6.45) is 7.30. The Hall–Kier alpha value is -1.91. The molecule has 0 fully saturated rings. The van der Waals surface area contributed by atoms with Gasteiger partial charge in [0.05, 0.1) is 11.8 Å². The number of aromatic nitrogens is 4. The number of aldehydes is 1. The molecule has 2 aromatic rings. The number of nitrogens with zero attached hydrogens (tertiary/aromatic N) is 4. The number of rotatable bonds is 5. The molecule has 5 heteroatoms. The SMILES string of the molecule is CCC(C)n1cc(C=O)c(-c2cnn(CC)c2)n1. The van der Waals surface area contributed by atoms with Crippen LogP contribution in [0.2, 0.25) is 0 Å². The van der Waals surface area contributed by atoms with E-state index in [0.717, 1.165) is 24.8 Å². The molecule has 1 atom stereocenters. The number of carbonyl (C=O) groups is 1. The quantitative estimate of drug-likeness (QED) is 0.762. The second kappa shape index (κ2) is 5.16. The lowest BCUT2D eigenvalue weighted by Gasteiger charge is -2.07. The Morgan fingerprint density at radius 1 is 1.39 bits per heavy atom. The van der Waals surface area contributed by atoms with E-state index >= 15 is 0 Å². The highest BCUT2D eigenvalue weighted by Gasteiger charge is 2.14. The summed E-state index contributed by atoms with van der Waals surface area (Å²) >= 11 is 0. The van der Waals surface area contributed by atoms with Crippen LogP contribution < -0.4 is 0 Å². The molecule has 1 unspecified atom stereocenters. The molecule has 5 nitrogen and oxygen atoms in total. The fraction of sp³-hybridized carbons (Fsp3) is 0.462. The predicted molar refractivity (Wildman–Crippen MR) is 69.5 cm³/mol. The van der Waals surface area contributed by atoms with Crippen LogP contribution in [0.5, 0.6) is 0 Å². The van der Waals surface area contributed by atoms with Gasteiger partial charge in [-0.15, -0.1) is 0 Å². The monoisotopic (exact) mass is 246 g/mol. The van der Waals surface area contributed by atoms with E-state index in [1.807, 2.05) is 22.5 Å². The zero-order valence-corrected chi connectivity index (χ0v) is 11.0. The molecule has 0 aliphatic carbocycles. The van der Waals surface area contributed by atoms with E-state index in [1.54, 1.807) is 12.4 Å². The van der Waals surface area contributed by atoms with Gasteiger partial charge >= 0.3 is 0 Å². The zero-order valence-electron chi connectivity index (χ0n) is 11.0. The maximum Gasteiger partial charge on any atom is 0.153 e. The Morgan fingerprint density at radius 2 is 2.17 bits per heavy atom. The molecule has 0 aromatic carbocycles. The van der Waals surface area contributed by atoms with Crippen LogP contribution in [0.1, 0.15) is 43.6 Å². The Labute approximate surface area is 106 Å². The van der Waals surface area contributed by atoms with Crippen LogP contribution in [0.3, 0.4) is 0 Å². The van der Waals surface area contributed by atoms with Gasteiger partial charge in [0.25, 0.3) is 0 Å². The Bertz CT molecular complexity index is 541. The first-order valence-electron chi connectivity index (χ1n) is 6.26. The number of hydrogen-bond donors (Lipinski definition) is 0. The van der Waals surface area contributed by atoms with Crippen molar-refractivity contribution in [1.29, 1.82) is 0 Å². The van der Waals surface area contributed by atoms with Gasteiger partial charge in [-0.25, -0.2) is 0 Å². The van der Waals surface area contributed by atoms with Crippen LogP contribution in [0, 0.1) is 0 Å². The zero-order chi connectivity index (χ0) is 13.1. The summed E-state index contributed by atoms with van der Waals surface area (Å²) in [4.78, 5) is 11.1. The van der Waals surface area contributed by atoms with Crippen LogP contribution in [-0.2, 0) is 6.54 Å². The molecule has 0 bridgehead atoms. The molecule has 0 radical (unpaired) electrons. The van der Waals surface area contributed by atoms with E-state index in [9.17, 15) is 4.79 Å². The van der Waals surface area contributed by atoms with Crippen LogP contribution in [0.25, 0.3) is 11.3 Å². The molecular weight excluding hydrogens is 228 g/mol. The smallest absolute Gasteiger partial charge is 0.153 e. The van der Waals surface area contributed by atoms with Gasteiger partial charge in [-0.2, -0.15) is 10.2 Å². The predicted octanol–water partition coefficient (Wildman–Crippen LogP) is 2.55. The first-order valence-corrected chi connectivity index (χ1v) is 6.26. The summed E-state index contributed by atoms with van der Waals surface area (Å²) in [5.41, 5.74) is 2.22. The van der Waals surface area contributed by atoms with Gasteiger partial charge in [-0.05, 0) is 20.3 Å². The van der Waals surface area contributed by atoms with Crippen molar-refractivity contribution in [3.63, 3.8) is 0 Å². The largest absolute Gasteiger partial charge is 0.298 e. The van der Waals surface area contributed by atoms with Gasteiger partial charge in [0.2, 0.25) is 0 Å². The third-order valence-corrected chi connectivity index (χ3v) is 3.16. The van der Waals surface area contributed by atoms with Crippen LogP contribution >= 0.6 is 0 Å². The van der Waals surface area contributed by atoms with Gasteiger partial charge < -0.3 is 0 Å². The highest BCUT2D eigenvalue weighted by Crippen LogP contribution is 2.22. The third kappa shape index (κ3) is 2.20. The van der Waals surface area contributed by atoms with Gasteiger partial charge in [0.1, 0.15) is 5.69 Å². The normalized spacial score (nSPS) is 12.6. The van der Waals surface area contributed by atoms with E-state index in [1.165, 1.54) is 0 Å². The van der Waals surface area contributed by atoms with Crippen molar-refractivity contribution in [3.05, 3.63) is 24.2 Å². The number of aryl methyl sites for hydroxylation is 1. The molecule has 18 heavy (non-hydrogen) atoms. The van der Waals surface area contributed by atoms with E-state index in [4.69, 9.17) is 0 Å². The summed E-state index contributed by atoms with van der Waals surface area (Å²) in [6.45, 7) is 7.01. The molecule has 0 aliphatic heterocycles. The van der Waals surface area contributed by atoms with Crippen LogP contribution in [-0.4, -0.2) is 25.8 Å². The molecule has 0 spiro atoms. The second-order valence-corrected chi connectivity index (χ2v) is 4.37. The average Bonchev–Trinajstić information content (AvgIpc) is 3.03. The first kappa shape index (κ1) is 12.5. The third-order valence-electron chi connectivity index (χ3n) is 3.16. The van der Waals surface area contributed by atoms with Crippen LogP contribution in [0.15, 0.2) is 18.6 Å². The highest BCUT2D eigenvalue weighted by molar-refractivity contribution is 5.85. The maximum absolute atomic E-state index is 11.1. The molecule has 2 heterocycles. The molecule has 0 N–H and O–H groups in total. The minimum Gasteiger partial charge on any atom is -0.298 e. The summed E-state index contributed by atoms with van der Waals surface area (Å²) in [5.74, 6) is 0. The fourth-order valence-electron chi connectivity index (χ4n) is 1.79. The molecule has 2 aromatic heterocycles. The second-order valence-electron chi connectivity index (χ2n) is 4.37. The lowest BCUT2D eigenvalue weighted by Crippen LogP contribution is -2.03. The fourth-order valence-corrected chi connectivity index (χ4v) is 1.79. The van der Waals surface area contributed by atoms with Crippen molar-refractivity contribution in [1.82, 2.24) is 19.6 Å². The number of carbonyl (C=O) groups excluding carboxylic acids is 1. The molecule has 96 valence electrons. The molecule has 0 aliphatic rings. The first-order chi connectivity index (χ1) is 8.69. The maximum atomic E-state index is 11.1. The lowest BCUT2D eigenvalue weighted by atomic mass is 10.2. The summed E-state index contributed by atoms with van der Waals surface area (Å²) < 4.78 is 3.68. The van der Waals surface area contributed by atoms with Crippen molar-refractivity contribution in [2.45, 2.75) is 39.8 Å². The van der Waals surface area contributed by atoms with Crippen molar-refractivity contribution in [3.8, 4) is 11.3 Å². The van der Waals surface area contributed by atoms with Gasteiger partial charge in [-0.3, -0.25) is 14.2 Å². The summed E-state index contributed by atoms with van der Waals surface area (Å²) in [5, 5.41) is 8.71. The van der Waals surface area contributed by atoms with Gasteiger partial charge in [0.15, 0.2) is 6.29 Å². The Balaban J connectivity index is 2.42. The van der Waals surface area contributed by atoms with E-state index in [-0.39, 0.29) is 0 Å². The molecule has 0 amide bonds. The number of hydrogen-bond acceptors (Lipinski definition) is 3.